The zero-order chi connectivity index (χ0) is 45.9. The Kier molecular flexibility index (Phi) is 15.9. The molecule has 0 aromatic heterocycles. The molecule has 2 aliphatic heterocycles. The average molecular weight is 873 g/mol. The van der Waals surface area contributed by atoms with Gasteiger partial charge in [0.2, 0.25) is 11.8 Å². The van der Waals surface area contributed by atoms with E-state index in [0.717, 1.165) is 32.6 Å². The minimum Gasteiger partial charge on any atom is -0.388 e. The molecule has 0 saturated carbocycles. The summed E-state index contributed by atoms with van der Waals surface area (Å²) in [4.78, 5) is 76.6. The van der Waals surface area contributed by atoms with Crippen LogP contribution in [0.5, 0.6) is 0 Å². The smallest absolute Gasteiger partial charge is 0.317 e. The summed E-state index contributed by atoms with van der Waals surface area (Å²) >= 11 is 0. The maximum absolute atomic E-state index is 14.2. The number of hydrogen-bond donors (Lipinski definition) is 6. The fourth-order valence-electron chi connectivity index (χ4n) is 7.71. The number of amides is 6. The molecule has 2 aliphatic rings. The first kappa shape index (κ1) is 47.0. The molecule has 2 heterocycles. The van der Waals surface area contributed by atoms with E-state index in [1.54, 1.807) is 41.8 Å². The molecule has 0 saturated heterocycles. The van der Waals surface area contributed by atoms with Gasteiger partial charge in [-0.05, 0) is 60.1 Å². The van der Waals surface area contributed by atoms with Gasteiger partial charge >= 0.3 is 12.1 Å². The third-order valence-corrected chi connectivity index (χ3v) is 11.4. The van der Waals surface area contributed by atoms with Gasteiger partial charge in [-0.1, -0.05) is 113 Å². The van der Waals surface area contributed by atoms with Crippen LogP contribution in [0.1, 0.15) is 38.8 Å². The number of likely N-dealkylation sites (N-methyl/N-ethyl adjacent to an activating group) is 2. The molecular formula is C48H60N10O6. The third kappa shape index (κ3) is 12.3. The molecule has 0 fully saturated rings. The van der Waals surface area contributed by atoms with Gasteiger partial charge in [-0.3, -0.25) is 29.6 Å². The molecule has 0 spiro atoms. The van der Waals surface area contributed by atoms with Gasteiger partial charge in [-0.25, -0.2) is 9.59 Å². The number of rotatable bonds is 19. The standard InChI is InChI=1S/C48H60N10O6/c1-29(2)41(55-47(63)57(5)27-39-49-33-21-13-14-22-34(33)50-39)45(61)53-37(25-31-17-9-7-10-18-31)43(59)44(60)38(26-32-19-11-8-12-20-32)54-46(62)42(30(3)4)56-48(64)58(6)28-40-51-35-23-15-16-24-36(35)52-40/h7-24,29-30,37-44,59-60H,25-28H2,1-6H3,(H,53,61)(H,54,62)(H,55,63)(H,56,64)/t37-,38-,41-,42-,43+,44+/m0/s1. The van der Waals surface area contributed by atoms with Crippen molar-refractivity contribution in [2.75, 3.05) is 27.2 Å². The van der Waals surface area contributed by atoms with Crippen molar-refractivity contribution in [2.45, 2.75) is 89.2 Å². The number of aliphatic hydroxyl groups excluding tert-OH is 2. The number of hydrogen-bond acceptors (Lipinski definition) is 10. The minimum absolute atomic E-state index is 0.113. The van der Waals surface area contributed by atoms with Crippen molar-refractivity contribution in [3.8, 4) is 0 Å². The van der Waals surface area contributed by atoms with Crippen LogP contribution in [0, 0.1) is 11.8 Å². The van der Waals surface area contributed by atoms with Crippen LogP contribution >= 0.6 is 0 Å². The number of aliphatic hydroxyl groups is 2. The minimum atomic E-state index is -1.61. The molecule has 6 rings (SSSR count). The number of carbonyl (C=O) groups excluding carboxylic acids is 4. The monoisotopic (exact) mass is 872 g/mol. The maximum atomic E-state index is 14.2. The second kappa shape index (κ2) is 21.7. The highest BCUT2D eigenvalue weighted by Gasteiger charge is 2.38. The summed E-state index contributed by atoms with van der Waals surface area (Å²) in [7, 11) is 3.21. The van der Waals surface area contributed by atoms with E-state index in [2.05, 4.69) is 41.2 Å². The number of benzene rings is 4. The number of carbonyl (C=O) groups is 4. The summed E-state index contributed by atoms with van der Waals surface area (Å²) in [6.45, 7) is 7.56. The van der Waals surface area contributed by atoms with Crippen LogP contribution in [0.3, 0.4) is 0 Å². The van der Waals surface area contributed by atoms with E-state index < -0.39 is 72.6 Å². The first-order valence-corrected chi connectivity index (χ1v) is 21.8. The number of urea groups is 2. The van der Waals surface area contributed by atoms with Gasteiger partial charge in [0.1, 0.15) is 24.3 Å². The van der Waals surface area contributed by atoms with E-state index in [9.17, 15) is 29.4 Å². The van der Waals surface area contributed by atoms with Gasteiger partial charge in [0, 0.05) is 14.1 Å². The van der Waals surface area contributed by atoms with Crippen molar-refractivity contribution >= 4 is 23.9 Å². The second-order valence-electron chi connectivity index (χ2n) is 17.1. The summed E-state index contributed by atoms with van der Waals surface area (Å²) in [6.07, 6.45) is -3.98. The average Bonchev–Trinajstić information content (AvgIpc) is 3.89. The van der Waals surface area contributed by atoms with Gasteiger partial charge in [-0.15, -0.1) is 0 Å². The molecule has 4 aromatic carbocycles. The van der Waals surface area contributed by atoms with Crippen molar-refractivity contribution < 1.29 is 29.4 Å². The van der Waals surface area contributed by atoms with Crippen LogP contribution in [-0.4, -0.2) is 120 Å². The first-order chi connectivity index (χ1) is 30.7. The van der Waals surface area contributed by atoms with Crippen LogP contribution in [-0.2, 0) is 22.4 Å². The molecule has 0 radical (unpaired) electrons. The third-order valence-electron chi connectivity index (χ3n) is 11.4. The van der Waals surface area contributed by atoms with Crippen LogP contribution in [0.25, 0.3) is 0 Å². The highest BCUT2D eigenvalue weighted by molar-refractivity contribution is 5.88. The lowest BCUT2D eigenvalue weighted by molar-refractivity contribution is -0.129. The normalized spacial score (nSPS) is 16.0. The topological polar surface area (TPSA) is 213 Å². The van der Waals surface area contributed by atoms with Gasteiger partial charge in [-0.2, -0.15) is 0 Å². The fraction of sp³-hybridized carbons (Fsp3) is 0.417. The first-order valence-electron chi connectivity index (χ1n) is 21.8. The van der Waals surface area contributed by atoms with Crippen molar-refractivity contribution in [3.05, 3.63) is 142 Å². The Morgan fingerprint density at radius 2 is 0.797 bits per heavy atom. The molecule has 0 bridgehead atoms. The van der Waals surface area contributed by atoms with Crippen LogP contribution in [0.4, 0.5) is 9.59 Å². The number of nitrogens with one attached hydrogen (secondary N) is 4. The lowest BCUT2D eigenvalue weighted by atomic mass is 9.90. The second-order valence-corrected chi connectivity index (χ2v) is 17.1. The molecule has 16 heteroatoms. The SMILES string of the molecule is CC(C)[C@H](NC(=O)N(C)CC1N=c2ccccc2=N1)C(=O)N[C@@H](Cc1ccccc1)[C@@H](O)[C@H](O)[C@H](Cc1ccccc1)NC(=O)[C@@H](NC(=O)N(C)CC1N=c2ccccc2=N1)C(C)C. The summed E-state index contributed by atoms with van der Waals surface area (Å²) < 4.78 is 0. The zero-order valence-corrected chi connectivity index (χ0v) is 37.2. The van der Waals surface area contributed by atoms with E-state index in [-0.39, 0.29) is 37.8 Å². The molecule has 4 aromatic rings. The highest BCUT2D eigenvalue weighted by atomic mass is 16.3. The van der Waals surface area contributed by atoms with Crippen molar-refractivity contribution in [2.24, 2.45) is 31.8 Å². The lowest BCUT2D eigenvalue weighted by Crippen LogP contribution is -2.62. The highest BCUT2D eigenvalue weighted by Crippen LogP contribution is 2.17. The van der Waals surface area contributed by atoms with Gasteiger partial charge in [0.15, 0.2) is 12.3 Å². The van der Waals surface area contributed by atoms with Crippen molar-refractivity contribution in [1.29, 1.82) is 0 Å². The predicted molar refractivity (Wildman–Crippen MR) is 241 cm³/mol. The Bertz CT molecular complexity index is 2250. The van der Waals surface area contributed by atoms with E-state index in [4.69, 9.17) is 0 Å². The molecule has 16 nitrogen and oxygen atoms in total. The van der Waals surface area contributed by atoms with Crippen molar-refractivity contribution in [1.82, 2.24) is 31.1 Å². The van der Waals surface area contributed by atoms with E-state index in [0.29, 0.717) is 0 Å². The summed E-state index contributed by atoms with van der Waals surface area (Å²) in [6, 6.07) is 28.1. The largest absolute Gasteiger partial charge is 0.388 e. The summed E-state index contributed by atoms with van der Waals surface area (Å²) in [5.41, 5.74) is 1.54. The Morgan fingerprint density at radius 3 is 1.09 bits per heavy atom. The maximum Gasteiger partial charge on any atom is 0.317 e. The molecule has 64 heavy (non-hydrogen) atoms. The van der Waals surface area contributed by atoms with E-state index >= 15 is 0 Å². The van der Waals surface area contributed by atoms with E-state index in [1.807, 2.05) is 109 Å². The zero-order valence-electron chi connectivity index (χ0n) is 37.2. The number of fused-ring (bicyclic) bond motifs is 2. The quantitative estimate of drug-likeness (QED) is 0.0811. The Hall–Kier alpha value is -6.52. The fourth-order valence-corrected chi connectivity index (χ4v) is 7.71. The predicted octanol–water partition coefficient (Wildman–Crippen LogP) is 1.05. The van der Waals surface area contributed by atoms with Crippen molar-refractivity contribution in [3.63, 3.8) is 0 Å². The molecular weight excluding hydrogens is 813 g/mol. The van der Waals surface area contributed by atoms with Gasteiger partial charge < -0.3 is 41.3 Å². The Morgan fingerprint density at radius 1 is 0.500 bits per heavy atom. The molecule has 338 valence electrons. The molecule has 6 atom stereocenters. The molecule has 0 unspecified atom stereocenters. The number of nitrogens with zero attached hydrogens (tertiary/aromatic N) is 6. The Balaban J connectivity index is 1.17. The van der Waals surface area contributed by atoms with Crippen LogP contribution < -0.4 is 42.7 Å². The molecule has 6 N–H and O–H groups in total. The van der Waals surface area contributed by atoms with Crippen LogP contribution in [0.15, 0.2) is 129 Å². The van der Waals surface area contributed by atoms with Gasteiger partial charge in [0.25, 0.3) is 0 Å². The summed E-state index contributed by atoms with van der Waals surface area (Å²) in [5.74, 6) is -1.87. The summed E-state index contributed by atoms with van der Waals surface area (Å²) in [5, 5.41) is 38.8. The molecule has 0 aliphatic carbocycles. The Labute approximate surface area is 373 Å². The number of para-hydroxylation sites is 4. The van der Waals surface area contributed by atoms with Gasteiger partial charge in [0.05, 0.1) is 46.6 Å². The molecule has 6 amide bonds. The van der Waals surface area contributed by atoms with E-state index in [1.165, 1.54) is 9.80 Å². The lowest BCUT2D eigenvalue weighted by Gasteiger charge is -2.35. The van der Waals surface area contributed by atoms with Crippen LogP contribution in [0.2, 0.25) is 0 Å².